The fraction of sp³-hybridized carbons (Fsp3) is 0.480. The maximum Gasteiger partial charge on any atom is 0.337 e. The van der Waals surface area contributed by atoms with Gasteiger partial charge in [-0.25, -0.2) is 9.59 Å². The molecular weight excluding hydrogens is 394 g/mol. The molecule has 2 aliphatic rings. The Morgan fingerprint density at radius 2 is 1.81 bits per heavy atom. The second kappa shape index (κ2) is 9.08. The summed E-state index contributed by atoms with van der Waals surface area (Å²) in [5, 5.41) is 3.33. The van der Waals surface area contributed by atoms with E-state index >= 15 is 0 Å². The maximum absolute atomic E-state index is 13.2. The first-order valence-corrected chi connectivity index (χ1v) is 10.8. The number of unbranched alkanes of at least 4 members (excludes halogenated alkanes) is 1. The number of hydrogen-bond acceptors (Lipinski definition) is 6. The van der Waals surface area contributed by atoms with Gasteiger partial charge in [0.05, 0.1) is 24.9 Å². The van der Waals surface area contributed by atoms with Crippen molar-refractivity contribution in [3.63, 3.8) is 0 Å². The van der Waals surface area contributed by atoms with E-state index in [2.05, 4.69) is 19.2 Å². The van der Waals surface area contributed by atoms with Gasteiger partial charge in [-0.05, 0) is 42.9 Å². The zero-order valence-corrected chi connectivity index (χ0v) is 19.0. The molecule has 1 heterocycles. The number of benzene rings is 1. The summed E-state index contributed by atoms with van der Waals surface area (Å²) in [7, 11) is 1.33. The fourth-order valence-electron chi connectivity index (χ4n) is 4.36. The predicted molar refractivity (Wildman–Crippen MR) is 117 cm³/mol. The number of allylic oxidation sites excluding steroid dienone is 3. The minimum atomic E-state index is -0.527. The van der Waals surface area contributed by atoms with Crippen molar-refractivity contribution in [2.24, 2.45) is 5.41 Å². The van der Waals surface area contributed by atoms with Crippen LogP contribution in [-0.4, -0.2) is 31.4 Å². The molecule has 1 N–H and O–H groups in total. The zero-order chi connectivity index (χ0) is 22.8. The summed E-state index contributed by atoms with van der Waals surface area (Å²) >= 11 is 0. The Kier molecular flexibility index (Phi) is 6.68. The van der Waals surface area contributed by atoms with Gasteiger partial charge in [0.25, 0.3) is 0 Å². The molecule has 0 saturated heterocycles. The normalized spacial score (nSPS) is 20.2. The second-order valence-corrected chi connectivity index (χ2v) is 9.03. The molecule has 0 saturated carbocycles. The van der Waals surface area contributed by atoms with E-state index in [-0.39, 0.29) is 11.2 Å². The maximum atomic E-state index is 13.2. The first kappa shape index (κ1) is 22.8. The molecule has 1 aliphatic heterocycles. The quantitative estimate of drug-likeness (QED) is 0.537. The van der Waals surface area contributed by atoms with E-state index in [0.29, 0.717) is 35.4 Å². The highest BCUT2D eigenvalue weighted by atomic mass is 16.5. The predicted octanol–water partition coefficient (Wildman–Crippen LogP) is 4.42. The summed E-state index contributed by atoms with van der Waals surface area (Å²) in [6, 6.07) is 6.89. The third-order valence-electron chi connectivity index (χ3n) is 5.86. The standard InChI is InChI=1S/C25H31NO5/c1-6-7-12-31-24(29)20-15(2)26-18-13-25(3,4)14-19(27)22(18)21(20)16-8-10-17(11-9-16)23(28)30-5/h8-11,21,26H,6-7,12-14H2,1-5H3/t21-/m1/s1. The van der Waals surface area contributed by atoms with E-state index < -0.39 is 17.9 Å². The number of Topliss-reactive ketones (excluding diaryl/α,β-unsaturated/α-hetero) is 1. The van der Waals surface area contributed by atoms with Crippen LogP contribution in [-0.2, 0) is 19.1 Å². The highest BCUT2D eigenvalue weighted by Gasteiger charge is 2.43. The van der Waals surface area contributed by atoms with Gasteiger partial charge < -0.3 is 14.8 Å². The van der Waals surface area contributed by atoms with Gasteiger partial charge in [-0.1, -0.05) is 39.3 Å². The molecule has 1 aromatic carbocycles. The third kappa shape index (κ3) is 4.73. The van der Waals surface area contributed by atoms with Gasteiger partial charge in [0.2, 0.25) is 0 Å². The van der Waals surface area contributed by atoms with Gasteiger partial charge in [0.1, 0.15) is 0 Å². The van der Waals surface area contributed by atoms with Crippen LogP contribution in [0, 0.1) is 5.41 Å². The van der Waals surface area contributed by atoms with Gasteiger partial charge in [-0.3, -0.25) is 4.79 Å². The van der Waals surface area contributed by atoms with Gasteiger partial charge in [-0.2, -0.15) is 0 Å². The van der Waals surface area contributed by atoms with Crippen molar-refractivity contribution in [1.29, 1.82) is 0 Å². The number of hydrogen-bond donors (Lipinski definition) is 1. The second-order valence-electron chi connectivity index (χ2n) is 9.03. The third-order valence-corrected chi connectivity index (χ3v) is 5.86. The number of ether oxygens (including phenoxy) is 2. The molecule has 1 aromatic rings. The Morgan fingerprint density at radius 3 is 2.42 bits per heavy atom. The van der Waals surface area contributed by atoms with Gasteiger partial charge in [-0.15, -0.1) is 0 Å². The average Bonchev–Trinajstić information content (AvgIpc) is 2.71. The largest absolute Gasteiger partial charge is 0.465 e. The lowest BCUT2D eigenvalue weighted by atomic mass is 9.68. The van der Waals surface area contributed by atoms with Crippen molar-refractivity contribution in [2.75, 3.05) is 13.7 Å². The Hall–Kier alpha value is -2.89. The highest BCUT2D eigenvalue weighted by molar-refractivity contribution is 6.04. The van der Waals surface area contributed by atoms with Crippen LogP contribution in [0.2, 0.25) is 0 Å². The van der Waals surface area contributed by atoms with E-state index in [1.54, 1.807) is 24.3 Å². The number of rotatable bonds is 6. The van der Waals surface area contributed by atoms with Crippen LogP contribution in [0.3, 0.4) is 0 Å². The molecule has 0 amide bonds. The van der Waals surface area contributed by atoms with Gasteiger partial charge in [0.15, 0.2) is 5.78 Å². The molecule has 31 heavy (non-hydrogen) atoms. The number of nitrogens with one attached hydrogen (secondary N) is 1. The lowest BCUT2D eigenvalue weighted by Gasteiger charge is -2.39. The minimum absolute atomic E-state index is 0.0344. The molecule has 0 spiro atoms. The Balaban J connectivity index is 2.07. The van der Waals surface area contributed by atoms with Crippen molar-refractivity contribution in [2.45, 2.75) is 59.3 Å². The first-order chi connectivity index (χ1) is 14.7. The SMILES string of the molecule is CCCCOC(=O)C1=C(C)NC2=C(C(=O)CC(C)(C)C2)[C@@H]1c1ccc(C(=O)OC)cc1. The van der Waals surface area contributed by atoms with E-state index in [1.165, 1.54) is 7.11 Å². The van der Waals surface area contributed by atoms with Crippen molar-refractivity contribution in [1.82, 2.24) is 5.32 Å². The van der Waals surface area contributed by atoms with Crippen LogP contribution in [0.5, 0.6) is 0 Å². The topological polar surface area (TPSA) is 81.7 Å². The lowest BCUT2D eigenvalue weighted by Crippen LogP contribution is -2.38. The molecule has 0 radical (unpaired) electrons. The van der Waals surface area contributed by atoms with Gasteiger partial charge >= 0.3 is 11.9 Å². The summed E-state index contributed by atoms with van der Waals surface area (Å²) in [6.45, 7) is 8.37. The highest BCUT2D eigenvalue weighted by Crippen LogP contribution is 2.46. The monoisotopic (exact) mass is 425 g/mol. The number of methoxy groups -OCH3 is 1. The van der Waals surface area contributed by atoms with Gasteiger partial charge in [0, 0.05) is 29.3 Å². The molecule has 0 unspecified atom stereocenters. The zero-order valence-electron chi connectivity index (χ0n) is 19.0. The molecule has 6 nitrogen and oxygen atoms in total. The Morgan fingerprint density at radius 1 is 1.13 bits per heavy atom. The fourth-order valence-corrected chi connectivity index (χ4v) is 4.36. The molecule has 0 fully saturated rings. The van der Waals surface area contributed by atoms with Crippen molar-refractivity contribution in [3.05, 3.63) is 57.9 Å². The number of carbonyl (C=O) groups is 3. The molecule has 1 atom stereocenters. The number of esters is 2. The first-order valence-electron chi connectivity index (χ1n) is 10.8. The van der Waals surface area contributed by atoms with Crippen molar-refractivity contribution in [3.8, 4) is 0 Å². The molecule has 6 heteroatoms. The van der Waals surface area contributed by atoms with E-state index in [4.69, 9.17) is 9.47 Å². The summed E-state index contributed by atoms with van der Waals surface area (Å²) in [4.78, 5) is 38.2. The smallest absolute Gasteiger partial charge is 0.337 e. The molecule has 166 valence electrons. The van der Waals surface area contributed by atoms with Crippen LogP contribution >= 0.6 is 0 Å². The number of carbonyl (C=O) groups excluding carboxylic acids is 3. The van der Waals surface area contributed by atoms with Crippen LogP contribution in [0.1, 0.15) is 75.2 Å². The van der Waals surface area contributed by atoms with Crippen molar-refractivity contribution >= 4 is 17.7 Å². The van der Waals surface area contributed by atoms with E-state index in [0.717, 1.165) is 30.5 Å². The number of ketones is 1. The summed E-state index contributed by atoms with van der Waals surface area (Å²) in [5.41, 5.74) is 3.68. The van der Waals surface area contributed by atoms with E-state index in [9.17, 15) is 14.4 Å². The summed E-state index contributed by atoms with van der Waals surface area (Å²) in [5.74, 6) is -1.34. The molecule has 0 bridgehead atoms. The van der Waals surface area contributed by atoms with E-state index in [1.807, 2.05) is 13.8 Å². The Labute approximate surface area is 183 Å². The molecular formula is C25H31NO5. The number of dihydropyridines is 1. The Bertz CT molecular complexity index is 953. The average molecular weight is 426 g/mol. The van der Waals surface area contributed by atoms with Crippen LogP contribution in [0.25, 0.3) is 0 Å². The summed E-state index contributed by atoms with van der Waals surface area (Å²) < 4.78 is 10.3. The molecule has 0 aromatic heterocycles. The molecule has 1 aliphatic carbocycles. The lowest BCUT2D eigenvalue weighted by molar-refractivity contribution is -0.139. The molecule has 3 rings (SSSR count). The summed E-state index contributed by atoms with van der Waals surface area (Å²) in [6.07, 6.45) is 2.84. The minimum Gasteiger partial charge on any atom is -0.465 e. The van der Waals surface area contributed by atoms with Crippen LogP contribution in [0.4, 0.5) is 0 Å². The van der Waals surface area contributed by atoms with Crippen LogP contribution < -0.4 is 5.32 Å². The van der Waals surface area contributed by atoms with Crippen molar-refractivity contribution < 1.29 is 23.9 Å². The van der Waals surface area contributed by atoms with Crippen LogP contribution in [0.15, 0.2) is 46.8 Å².